The highest BCUT2D eigenvalue weighted by Crippen LogP contribution is 2.36. The van der Waals surface area contributed by atoms with Gasteiger partial charge < -0.3 is 9.47 Å². The second-order valence-electron chi connectivity index (χ2n) is 5.42. The second kappa shape index (κ2) is 5.03. The molecule has 3 aromatic heterocycles. The van der Waals surface area contributed by atoms with Crippen molar-refractivity contribution >= 4 is 16.3 Å². The van der Waals surface area contributed by atoms with Gasteiger partial charge in [0.1, 0.15) is 23.9 Å². The van der Waals surface area contributed by atoms with Gasteiger partial charge in [0.2, 0.25) is 10.8 Å². The molecule has 1 aromatic carbocycles. The van der Waals surface area contributed by atoms with Crippen molar-refractivity contribution in [3.8, 4) is 33.6 Å². The molecule has 0 bridgehead atoms. The van der Waals surface area contributed by atoms with Crippen LogP contribution in [0.15, 0.2) is 24.3 Å². The number of nitrogens with zero attached hydrogens (tertiary/aromatic N) is 5. The zero-order chi connectivity index (χ0) is 16.1. The predicted octanol–water partition coefficient (Wildman–Crippen LogP) is 2.32. The van der Waals surface area contributed by atoms with Gasteiger partial charge in [-0.25, -0.2) is 0 Å². The van der Waals surface area contributed by atoms with E-state index >= 15 is 0 Å². The smallest absolute Gasteiger partial charge is 0.235 e. The van der Waals surface area contributed by atoms with Gasteiger partial charge in [-0.1, -0.05) is 11.3 Å². The highest BCUT2D eigenvalue weighted by atomic mass is 32.1. The summed E-state index contributed by atoms with van der Waals surface area (Å²) >= 11 is 1.47. The zero-order valence-corrected chi connectivity index (χ0v) is 13.5. The number of fused-ring (bicyclic) bond motifs is 2. The molecular formula is C15H12N6O2S. The molecule has 8 nitrogen and oxygen atoms in total. The van der Waals surface area contributed by atoms with Crippen LogP contribution >= 0.6 is 11.3 Å². The monoisotopic (exact) mass is 340 g/mol. The molecule has 0 atom stereocenters. The topological polar surface area (TPSA) is 90.2 Å². The van der Waals surface area contributed by atoms with Gasteiger partial charge in [-0.15, -0.1) is 10.2 Å². The lowest BCUT2D eigenvalue weighted by atomic mass is 10.2. The van der Waals surface area contributed by atoms with Crippen LogP contribution in [0.1, 0.15) is 5.69 Å². The van der Waals surface area contributed by atoms with Crippen LogP contribution in [0, 0.1) is 6.92 Å². The van der Waals surface area contributed by atoms with E-state index in [2.05, 4.69) is 25.5 Å². The van der Waals surface area contributed by atoms with Gasteiger partial charge in [0, 0.05) is 11.3 Å². The molecule has 120 valence electrons. The molecule has 0 amide bonds. The number of aryl methyl sites for hydroxylation is 1. The van der Waals surface area contributed by atoms with Crippen molar-refractivity contribution in [3.05, 3.63) is 30.0 Å². The van der Waals surface area contributed by atoms with Gasteiger partial charge in [0.15, 0.2) is 11.5 Å². The van der Waals surface area contributed by atoms with E-state index in [1.54, 1.807) is 4.52 Å². The van der Waals surface area contributed by atoms with Crippen LogP contribution in [0.2, 0.25) is 0 Å². The fourth-order valence-electron chi connectivity index (χ4n) is 2.60. The Morgan fingerprint density at radius 3 is 2.83 bits per heavy atom. The van der Waals surface area contributed by atoms with Crippen molar-refractivity contribution in [3.63, 3.8) is 0 Å². The standard InChI is InChI=1S/C15H12N6O2S/c1-8-6-10(17-16-8)13-18-19-15-21(13)20-14(24-15)9-2-3-11-12(7-9)23-5-4-22-11/h2-3,6-7H,4-5H2,1H3,(H,16,17). The normalized spacial score (nSPS) is 13.5. The van der Waals surface area contributed by atoms with E-state index in [-0.39, 0.29) is 0 Å². The fraction of sp³-hybridized carbons (Fsp3) is 0.200. The van der Waals surface area contributed by atoms with Crippen LogP contribution in [-0.2, 0) is 0 Å². The van der Waals surface area contributed by atoms with Crippen LogP contribution in [0.4, 0.5) is 0 Å². The first-order valence-corrected chi connectivity index (χ1v) is 8.24. The lowest BCUT2D eigenvalue weighted by molar-refractivity contribution is 0.171. The van der Waals surface area contributed by atoms with Crippen LogP contribution in [-0.4, -0.2) is 43.2 Å². The number of nitrogens with one attached hydrogen (secondary N) is 1. The van der Waals surface area contributed by atoms with E-state index in [1.807, 2.05) is 31.2 Å². The second-order valence-corrected chi connectivity index (χ2v) is 6.38. The molecule has 0 radical (unpaired) electrons. The Labute approximate surface area is 140 Å². The Bertz CT molecular complexity index is 1050. The van der Waals surface area contributed by atoms with E-state index in [9.17, 15) is 0 Å². The summed E-state index contributed by atoms with van der Waals surface area (Å²) in [5, 5.41) is 21.0. The average Bonchev–Trinajstić information content (AvgIpc) is 3.29. The van der Waals surface area contributed by atoms with Gasteiger partial charge in [0.25, 0.3) is 0 Å². The summed E-state index contributed by atoms with van der Waals surface area (Å²) in [4.78, 5) is 0.718. The van der Waals surface area contributed by atoms with Gasteiger partial charge in [-0.3, -0.25) is 5.10 Å². The Morgan fingerprint density at radius 1 is 1.12 bits per heavy atom. The summed E-state index contributed by atoms with van der Waals surface area (Å²) in [5.74, 6) is 2.13. The minimum atomic E-state index is 0.560. The summed E-state index contributed by atoms with van der Waals surface area (Å²) in [7, 11) is 0. The van der Waals surface area contributed by atoms with Crippen LogP contribution in [0.5, 0.6) is 11.5 Å². The Kier molecular flexibility index (Phi) is 2.83. The maximum Gasteiger partial charge on any atom is 0.235 e. The van der Waals surface area contributed by atoms with E-state index in [0.717, 1.165) is 38.4 Å². The van der Waals surface area contributed by atoms with Gasteiger partial charge in [-0.2, -0.15) is 14.7 Å². The fourth-order valence-corrected chi connectivity index (χ4v) is 3.44. The number of hydrogen-bond acceptors (Lipinski definition) is 7. The highest BCUT2D eigenvalue weighted by molar-refractivity contribution is 7.19. The van der Waals surface area contributed by atoms with Crippen molar-refractivity contribution in [2.45, 2.75) is 6.92 Å². The van der Waals surface area contributed by atoms with Gasteiger partial charge in [-0.05, 0) is 31.2 Å². The molecule has 0 saturated heterocycles. The van der Waals surface area contributed by atoms with Crippen molar-refractivity contribution in [2.24, 2.45) is 0 Å². The lowest BCUT2D eigenvalue weighted by Gasteiger charge is -2.18. The largest absolute Gasteiger partial charge is 0.486 e. The van der Waals surface area contributed by atoms with Crippen molar-refractivity contribution in [1.29, 1.82) is 0 Å². The molecule has 0 aliphatic carbocycles. The third-order valence-corrected chi connectivity index (χ3v) is 4.66. The Morgan fingerprint density at radius 2 is 2.00 bits per heavy atom. The van der Waals surface area contributed by atoms with E-state index in [4.69, 9.17) is 9.47 Å². The number of H-pyrrole nitrogens is 1. The first-order valence-electron chi connectivity index (χ1n) is 7.42. The SMILES string of the molecule is Cc1cc(-c2nnc3sc(-c4ccc5c(c4)OCCO5)nn23)n[nH]1. The van der Waals surface area contributed by atoms with Crippen LogP contribution in [0.3, 0.4) is 0 Å². The number of ether oxygens (including phenoxy) is 2. The van der Waals surface area contributed by atoms with E-state index in [1.165, 1.54) is 11.3 Å². The highest BCUT2D eigenvalue weighted by Gasteiger charge is 2.18. The molecule has 5 rings (SSSR count). The Hall–Kier alpha value is -2.94. The average molecular weight is 340 g/mol. The molecule has 0 fully saturated rings. The van der Waals surface area contributed by atoms with Crippen molar-refractivity contribution < 1.29 is 9.47 Å². The summed E-state index contributed by atoms with van der Waals surface area (Å²) in [5.41, 5.74) is 2.64. The van der Waals surface area contributed by atoms with Crippen LogP contribution in [0.25, 0.3) is 27.1 Å². The number of aromatic nitrogens is 6. The first-order chi connectivity index (χ1) is 11.8. The molecule has 1 N–H and O–H groups in total. The summed E-state index contributed by atoms with van der Waals surface area (Å²) in [6.07, 6.45) is 0. The van der Waals surface area contributed by atoms with Gasteiger partial charge in [0.05, 0.1) is 0 Å². The molecule has 4 aromatic rings. The number of hydrogen-bond donors (Lipinski definition) is 1. The molecule has 1 aliphatic heterocycles. The Balaban J connectivity index is 1.60. The number of benzene rings is 1. The first kappa shape index (κ1) is 13.5. The van der Waals surface area contributed by atoms with Crippen LogP contribution < -0.4 is 9.47 Å². The molecule has 0 unspecified atom stereocenters. The lowest BCUT2D eigenvalue weighted by Crippen LogP contribution is -2.15. The third kappa shape index (κ3) is 2.05. The maximum absolute atomic E-state index is 5.64. The zero-order valence-electron chi connectivity index (χ0n) is 12.7. The van der Waals surface area contributed by atoms with Crippen molar-refractivity contribution in [1.82, 2.24) is 30.0 Å². The predicted molar refractivity (Wildman–Crippen MR) is 87.4 cm³/mol. The summed E-state index contributed by atoms with van der Waals surface area (Å²) in [6.45, 7) is 3.08. The summed E-state index contributed by atoms with van der Waals surface area (Å²) in [6, 6.07) is 7.74. The molecule has 0 spiro atoms. The third-order valence-electron chi connectivity index (χ3n) is 3.72. The molecule has 9 heteroatoms. The summed E-state index contributed by atoms with van der Waals surface area (Å²) < 4.78 is 12.9. The molecule has 1 aliphatic rings. The van der Waals surface area contributed by atoms with Gasteiger partial charge >= 0.3 is 0 Å². The number of aromatic amines is 1. The quantitative estimate of drug-likeness (QED) is 0.602. The molecule has 4 heterocycles. The van der Waals surface area contributed by atoms with E-state index in [0.29, 0.717) is 19.0 Å². The molecule has 0 saturated carbocycles. The molecular weight excluding hydrogens is 328 g/mol. The molecule has 24 heavy (non-hydrogen) atoms. The minimum absolute atomic E-state index is 0.560. The minimum Gasteiger partial charge on any atom is -0.486 e. The van der Waals surface area contributed by atoms with E-state index < -0.39 is 0 Å². The number of rotatable bonds is 2. The maximum atomic E-state index is 5.64. The van der Waals surface area contributed by atoms with Crippen molar-refractivity contribution in [2.75, 3.05) is 13.2 Å².